The van der Waals surface area contributed by atoms with Gasteiger partial charge < -0.3 is 15.0 Å². The first-order chi connectivity index (χ1) is 15.0. The van der Waals surface area contributed by atoms with Crippen LogP contribution in [0.15, 0.2) is 48.5 Å². The van der Waals surface area contributed by atoms with Gasteiger partial charge in [0.05, 0.1) is 6.42 Å². The van der Waals surface area contributed by atoms with E-state index in [1.807, 2.05) is 4.90 Å². The van der Waals surface area contributed by atoms with Crippen molar-refractivity contribution in [2.75, 3.05) is 32.7 Å². The Hall–Kier alpha value is -2.44. The van der Waals surface area contributed by atoms with Crippen molar-refractivity contribution in [2.45, 2.75) is 44.9 Å². The van der Waals surface area contributed by atoms with Crippen molar-refractivity contribution in [1.29, 1.82) is 0 Å². The minimum absolute atomic E-state index is 0.0708. The molecule has 0 radical (unpaired) electrons. The smallest absolute Gasteiger partial charge is 0.226 e. The summed E-state index contributed by atoms with van der Waals surface area (Å²) in [6.45, 7) is 7.76. The van der Waals surface area contributed by atoms with Crippen LogP contribution in [-0.4, -0.2) is 60.6 Å². The van der Waals surface area contributed by atoms with E-state index in [0.717, 1.165) is 44.6 Å². The fourth-order valence-electron chi connectivity index (χ4n) is 4.39. The third-order valence-electron chi connectivity index (χ3n) is 6.15. The van der Waals surface area contributed by atoms with Crippen molar-refractivity contribution in [3.05, 3.63) is 65.5 Å². The number of nitrogens with zero attached hydrogens (tertiary/aromatic N) is 2. The molecule has 0 saturated carbocycles. The molecule has 1 amide bonds. The predicted molar refractivity (Wildman–Crippen MR) is 120 cm³/mol. The summed E-state index contributed by atoms with van der Waals surface area (Å²) < 4.78 is 18.9. The first-order valence-electron chi connectivity index (χ1n) is 11.3. The molecule has 2 fully saturated rings. The molecule has 2 aromatic rings. The normalized spacial score (nSPS) is 20.6. The van der Waals surface area contributed by atoms with E-state index >= 15 is 0 Å². The van der Waals surface area contributed by atoms with Gasteiger partial charge >= 0.3 is 0 Å². The number of amides is 1. The van der Waals surface area contributed by atoms with Crippen molar-refractivity contribution < 1.29 is 13.9 Å². The zero-order valence-corrected chi connectivity index (χ0v) is 18.2. The fourth-order valence-corrected chi connectivity index (χ4v) is 4.39. The van der Waals surface area contributed by atoms with Crippen LogP contribution in [0.1, 0.15) is 30.9 Å². The number of benzene rings is 2. The lowest BCUT2D eigenvalue weighted by atomic mass is 10.0. The van der Waals surface area contributed by atoms with Crippen molar-refractivity contribution >= 4 is 5.91 Å². The maximum absolute atomic E-state index is 13.0. The Kier molecular flexibility index (Phi) is 7.20. The summed E-state index contributed by atoms with van der Waals surface area (Å²) in [5.74, 6) is 0.588. The SMILES string of the molecule is C[C@@H]1CN(Cc2ccc(CC(=O)N3CCC(Oc4ccc(F)cc4)CC3)cc2)CCN1. The highest BCUT2D eigenvalue weighted by Crippen LogP contribution is 2.20. The van der Waals surface area contributed by atoms with Gasteiger partial charge in [-0.1, -0.05) is 24.3 Å². The molecular formula is C25H32FN3O2. The number of hydrogen-bond donors (Lipinski definition) is 1. The van der Waals surface area contributed by atoms with Crippen LogP contribution < -0.4 is 10.1 Å². The second-order valence-electron chi connectivity index (χ2n) is 8.74. The van der Waals surface area contributed by atoms with Gasteiger partial charge in [-0.3, -0.25) is 9.69 Å². The van der Waals surface area contributed by atoms with Crippen LogP contribution in [0.2, 0.25) is 0 Å². The molecule has 4 rings (SSSR count). The molecule has 166 valence electrons. The van der Waals surface area contributed by atoms with Gasteiger partial charge in [0, 0.05) is 58.2 Å². The third kappa shape index (κ3) is 6.28. The molecule has 2 aliphatic heterocycles. The molecule has 0 unspecified atom stereocenters. The number of hydrogen-bond acceptors (Lipinski definition) is 4. The van der Waals surface area contributed by atoms with Gasteiger partial charge in [-0.05, 0) is 42.3 Å². The second kappa shape index (κ2) is 10.2. The molecule has 0 aromatic heterocycles. The average Bonchev–Trinajstić information content (AvgIpc) is 2.77. The van der Waals surface area contributed by atoms with Crippen molar-refractivity contribution in [2.24, 2.45) is 0 Å². The van der Waals surface area contributed by atoms with E-state index in [2.05, 4.69) is 41.4 Å². The standard InChI is InChI=1S/C25H32FN3O2/c1-19-17-28(15-12-27-19)18-21-4-2-20(3-5-21)16-25(30)29-13-10-24(11-14-29)31-23-8-6-22(26)7-9-23/h2-9,19,24,27H,10-18H2,1H3/t19-/m1/s1. The molecule has 1 N–H and O–H groups in total. The Labute approximate surface area is 184 Å². The molecule has 0 spiro atoms. The summed E-state index contributed by atoms with van der Waals surface area (Å²) in [6, 6.07) is 15.1. The maximum Gasteiger partial charge on any atom is 0.226 e. The number of piperidine rings is 1. The summed E-state index contributed by atoms with van der Waals surface area (Å²) in [7, 11) is 0. The molecule has 2 aromatic carbocycles. The number of piperazine rings is 1. The Morgan fingerprint density at radius 1 is 1.03 bits per heavy atom. The molecule has 0 aliphatic carbocycles. The first-order valence-corrected chi connectivity index (χ1v) is 11.3. The Morgan fingerprint density at radius 3 is 2.39 bits per heavy atom. The third-order valence-corrected chi connectivity index (χ3v) is 6.15. The van der Waals surface area contributed by atoms with E-state index in [4.69, 9.17) is 4.74 Å². The molecule has 2 heterocycles. The number of carbonyl (C=O) groups is 1. The van der Waals surface area contributed by atoms with Gasteiger partial charge in [-0.15, -0.1) is 0 Å². The highest BCUT2D eigenvalue weighted by atomic mass is 19.1. The van der Waals surface area contributed by atoms with E-state index in [1.54, 1.807) is 12.1 Å². The van der Waals surface area contributed by atoms with Gasteiger partial charge in [-0.2, -0.15) is 0 Å². The van der Waals surface area contributed by atoms with Crippen molar-refractivity contribution in [3.63, 3.8) is 0 Å². The summed E-state index contributed by atoms with van der Waals surface area (Å²) in [4.78, 5) is 17.1. The lowest BCUT2D eigenvalue weighted by molar-refractivity contribution is -0.132. The molecule has 6 heteroatoms. The zero-order chi connectivity index (χ0) is 21.6. The van der Waals surface area contributed by atoms with E-state index in [9.17, 15) is 9.18 Å². The first kappa shape index (κ1) is 21.8. The molecule has 2 saturated heterocycles. The van der Waals surface area contributed by atoms with Crippen LogP contribution >= 0.6 is 0 Å². The van der Waals surface area contributed by atoms with Crippen molar-refractivity contribution in [1.82, 2.24) is 15.1 Å². The summed E-state index contributed by atoms with van der Waals surface area (Å²) in [5.41, 5.74) is 2.36. The predicted octanol–water partition coefficient (Wildman–Crippen LogP) is 3.23. The van der Waals surface area contributed by atoms with Gasteiger partial charge in [0.25, 0.3) is 0 Å². The quantitative estimate of drug-likeness (QED) is 0.772. The number of nitrogens with one attached hydrogen (secondary N) is 1. The summed E-state index contributed by atoms with van der Waals surface area (Å²) in [5, 5.41) is 3.47. The summed E-state index contributed by atoms with van der Waals surface area (Å²) in [6.07, 6.45) is 2.10. The number of halogens is 1. The maximum atomic E-state index is 13.0. The lowest BCUT2D eigenvalue weighted by Gasteiger charge is -2.32. The van der Waals surface area contributed by atoms with Gasteiger partial charge in [0.1, 0.15) is 17.7 Å². The van der Waals surface area contributed by atoms with Gasteiger partial charge in [0.15, 0.2) is 0 Å². The number of carbonyl (C=O) groups excluding carboxylic acids is 1. The van der Waals surface area contributed by atoms with E-state index in [0.29, 0.717) is 31.3 Å². The van der Waals surface area contributed by atoms with Crippen LogP contribution in [0.25, 0.3) is 0 Å². The Balaban J connectivity index is 1.22. The Bertz CT molecular complexity index is 848. The van der Waals surface area contributed by atoms with Crippen LogP contribution in [0.5, 0.6) is 5.75 Å². The van der Waals surface area contributed by atoms with Gasteiger partial charge in [0.2, 0.25) is 5.91 Å². The van der Waals surface area contributed by atoms with Gasteiger partial charge in [-0.25, -0.2) is 4.39 Å². The van der Waals surface area contributed by atoms with Crippen LogP contribution in [0.3, 0.4) is 0 Å². The Morgan fingerprint density at radius 2 is 1.71 bits per heavy atom. The highest BCUT2D eigenvalue weighted by molar-refractivity contribution is 5.78. The number of likely N-dealkylation sites (tertiary alicyclic amines) is 1. The van der Waals surface area contributed by atoms with Crippen LogP contribution in [0, 0.1) is 5.82 Å². The molecular weight excluding hydrogens is 393 g/mol. The second-order valence-corrected chi connectivity index (χ2v) is 8.74. The average molecular weight is 426 g/mol. The summed E-state index contributed by atoms with van der Waals surface area (Å²) >= 11 is 0. The number of ether oxygens (including phenoxy) is 1. The van der Waals surface area contributed by atoms with E-state index in [-0.39, 0.29) is 17.8 Å². The lowest BCUT2D eigenvalue weighted by Crippen LogP contribution is -2.48. The minimum atomic E-state index is -0.265. The van der Waals surface area contributed by atoms with Crippen LogP contribution in [0.4, 0.5) is 4.39 Å². The topological polar surface area (TPSA) is 44.8 Å². The van der Waals surface area contributed by atoms with E-state index < -0.39 is 0 Å². The monoisotopic (exact) mass is 425 g/mol. The molecule has 2 aliphatic rings. The highest BCUT2D eigenvalue weighted by Gasteiger charge is 2.24. The molecule has 5 nitrogen and oxygen atoms in total. The number of rotatable bonds is 6. The fraction of sp³-hybridized carbons (Fsp3) is 0.480. The largest absolute Gasteiger partial charge is 0.490 e. The van der Waals surface area contributed by atoms with Crippen LogP contribution in [-0.2, 0) is 17.8 Å². The molecule has 1 atom stereocenters. The van der Waals surface area contributed by atoms with E-state index in [1.165, 1.54) is 17.7 Å². The molecule has 31 heavy (non-hydrogen) atoms. The molecule has 0 bridgehead atoms. The zero-order valence-electron chi connectivity index (χ0n) is 18.2. The minimum Gasteiger partial charge on any atom is -0.490 e. The van der Waals surface area contributed by atoms with Crippen molar-refractivity contribution in [3.8, 4) is 5.75 Å².